The summed E-state index contributed by atoms with van der Waals surface area (Å²) in [6.07, 6.45) is 7.20. The summed E-state index contributed by atoms with van der Waals surface area (Å²) in [4.78, 5) is 0. The zero-order chi connectivity index (χ0) is 20.6. The van der Waals surface area contributed by atoms with Crippen LogP contribution >= 0.6 is 0 Å². The molecule has 0 unspecified atom stereocenters. The number of aliphatic hydroxyl groups excluding tert-OH is 2. The molecule has 0 radical (unpaired) electrons. The molecule has 2 nitrogen and oxygen atoms in total. The van der Waals surface area contributed by atoms with E-state index in [9.17, 15) is 0 Å². The number of hydrogen-bond acceptors (Lipinski definition) is 2. The van der Waals surface area contributed by atoms with Gasteiger partial charge in [0.2, 0.25) is 0 Å². The third kappa shape index (κ3) is 9.53. The van der Waals surface area contributed by atoms with Crippen molar-refractivity contribution >= 4 is 3.26 Å². The number of allylic oxidation sites excluding steroid dienone is 8. The third-order valence-corrected chi connectivity index (χ3v) is 14.7. The Morgan fingerprint density at radius 2 is 1.04 bits per heavy atom. The average molecular weight is 527 g/mol. The number of hydrogen-bond donors (Lipinski definition) is 2. The van der Waals surface area contributed by atoms with Crippen LogP contribution in [0.2, 0.25) is 0 Å². The molecule has 26 heavy (non-hydrogen) atoms. The average Bonchev–Trinajstić information content (AvgIpc) is 2.92. The van der Waals surface area contributed by atoms with Gasteiger partial charge in [0.25, 0.3) is 0 Å². The van der Waals surface area contributed by atoms with Crippen molar-refractivity contribution in [1.82, 2.24) is 0 Å². The molecular weight excluding hydrogens is 487 g/mol. The summed E-state index contributed by atoms with van der Waals surface area (Å²) in [7, 11) is 0. The molecule has 2 aliphatic rings. The molecular formula is C23H40HfO2. The molecule has 0 aromatic rings. The van der Waals surface area contributed by atoms with E-state index >= 15 is 0 Å². The molecule has 0 aromatic heterocycles. The molecule has 0 aliphatic heterocycles. The third-order valence-electron chi connectivity index (χ3n) is 4.18. The molecule has 0 bridgehead atoms. The Hall–Kier alpha value is -0.380. The standard InChI is InChI=1S/2C7H9.2C3H8O.C3H6.Hf/c2*1-6-4-3-5-7(6)2;2*1-3(2)4;1-3-2;/h2*4H,5H2,1-2H3;2*3-4H,1-2H3;1-2H3;. The van der Waals surface area contributed by atoms with E-state index in [1.807, 2.05) is 6.66 Å². The minimum atomic E-state index is -1.85. The number of rotatable bonds is 2. The van der Waals surface area contributed by atoms with Gasteiger partial charge in [-0.1, -0.05) is 0 Å². The summed E-state index contributed by atoms with van der Waals surface area (Å²) in [5, 5.41) is 16.1. The van der Waals surface area contributed by atoms with Gasteiger partial charge in [0, 0.05) is 12.2 Å². The first-order valence-electron chi connectivity index (χ1n) is 9.64. The molecule has 2 rings (SSSR count). The molecule has 0 spiro atoms. The van der Waals surface area contributed by atoms with Crippen LogP contribution in [0.25, 0.3) is 0 Å². The van der Waals surface area contributed by atoms with Gasteiger partial charge in [-0.05, 0) is 27.7 Å². The molecule has 0 amide bonds. The fourth-order valence-corrected chi connectivity index (χ4v) is 14.8. The van der Waals surface area contributed by atoms with Crippen LogP contribution in [0.15, 0.2) is 41.1 Å². The summed E-state index contributed by atoms with van der Waals surface area (Å²) in [5.41, 5.74) is 6.23. The first kappa shape index (κ1) is 25.6. The van der Waals surface area contributed by atoms with E-state index in [-0.39, 0.29) is 12.2 Å². The Bertz CT molecular complexity index is 582. The van der Waals surface area contributed by atoms with E-state index in [2.05, 4.69) is 53.7 Å². The Morgan fingerprint density at radius 3 is 1.19 bits per heavy atom. The van der Waals surface area contributed by atoms with Crippen molar-refractivity contribution in [2.24, 2.45) is 0 Å². The van der Waals surface area contributed by atoms with Gasteiger partial charge < -0.3 is 10.2 Å². The van der Waals surface area contributed by atoms with Crippen LogP contribution in [0.3, 0.4) is 0 Å². The van der Waals surface area contributed by atoms with Crippen molar-refractivity contribution < 1.29 is 31.2 Å². The Morgan fingerprint density at radius 1 is 0.769 bits per heavy atom. The first-order valence-corrected chi connectivity index (χ1v) is 15.0. The van der Waals surface area contributed by atoms with Crippen molar-refractivity contribution in [3.8, 4) is 0 Å². The maximum absolute atomic E-state index is 8.06. The molecule has 0 atom stereocenters. The second-order valence-electron chi connectivity index (χ2n) is 8.18. The minimum absolute atomic E-state index is 0.167. The second-order valence-corrected chi connectivity index (χ2v) is 19.1. The van der Waals surface area contributed by atoms with Gasteiger partial charge in [0.15, 0.2) is 0 Å². The Balaban J connectivity index is 0.000000662. The normalized spacial score (nSPS) is 16.2. The zero-order valence-electron chi connectivity index (χ0n) is 18.6. The van der Waals surface area contributed by atoms with E-state index in [1.165, 1.54) is 24.0 Å². The molecule has 0 saturated heterocycles. The van der Waals surface area contributed by atoms with Crippen molar-refractivity contribution in [2.45, 2.75) is 94.3 Å². The summed E-state index contributed by atoms with van der Waals surface area (Å²) >= 11 is -1.85. The predicted molar refractivity (Wildman–Crippen MR) is 113 cm³/mol. The van der Waals surface area contributed by atoms with Crippen LogP contribution in [0.1, 0.15) is 82.1 Å². The monoisotopic (exact) mass is 528 g/mol. The van der Waals surface area contributed by atoms with E-state index < -0.39 is 21.0 Å². The van der Waals surface area contributed by atoms with Crippen LogP contribution in [-0.4, -0.2) is 25.7 Å². The Kier molecular flexibility index (Phi) is 12.0. The maximum atomic E-state index is 8.06. The van der Waals surface area contributed by atoms with Crippen LogP contribution in [0.4, 0.5) is 0 Å². The zero-order valence-corrected chi connectivity index (χ0v) is 22.2. The topological polar surface area (TPSA) is 40.5 Å². The van der Waals surface area contributed by atoms with E-state index in [0.717, 1.165) is 0 Å². The van der Waals surface area contributed by atoms with E-state index in [4.69, 9.17) is 10.2 Å². The molecule has 0 heterocycles. The van der Waals surface area contributed by atoms with Crippen LogP contribution in [0, 0.1) is 0 Å². The van der Waals surface area contributed by atoms with E-state index in [1.54, 1.807) is 42.1 Å². The van der Waals surface area contributed by atoms with Gasteiger partial charge >= 0.3 is 120 Å². The summed E-state index contributed by atoms with van der Waals surface area (Å²) in [6.45, 7) is 20.8. The molecule has 148 valence electrons. The summed E-state index contributed by atoms with van der Waals surface area (Å²) in [5.74, 6) is 0. The van der Waals surface area contributed by atoms with Gasteiger partial charge in [0.1, 0.15) is 0 Å². The van der Waals surface area contributed by atoms with E-state index in [0.29, 0.717) is 0 Å². The SMILES string of the molecule is CC(C)O.CC(C)O.CC1=C(C)C[C]([Hf]([C]2=CC(C)=C(C)C2)=[C](C)C)=C1. The molecule has 0 aromatic carbocycles. The quantitative estimate of drug-likeness (QED) is 0.444. The van der Waals surface area contributed by atoms with Crippen LogP contribution < -0.4 is 0 Å². The van der Waals surface area contributed by atoms with Crippen LogP contribution in [-0.2, 0) is 21.0 Å². The fourth-order valence-electron chi connectivity index (χ4n) is 2.89. The molecule has 0 saturated carbocycles. The molecule has 0 fully saturated rings. The van der Waals surface area contributed by atoms with Gasteiger partial charge in [-0.3, -0.25) is 0 Å². The second kappa shape index (κ2) is 12.2. The van der Waals surface area contributed by atoms with Crippen molar-refractivity contribution in [3.05, 3.63) is 41.1 Å². The predicted octanol–water partition coefficient (Wildman–Crippen LogP) is 5.84. The van der Waals surface area contributed by atoms with Gasteiger partial charge in [-0.2, -0.15) is 0 Å². The summed E-state index contributed by atoms with van der Waals surface area (Å²) in [6, 6.07) is 0. The fraction of sp³-hybridized carbons (Fsp3) is 0.609. The summed E-state index contributed by atoms with van der Waals surface area (Å²) < 4.78 is 5.36. The van der Waals surface area contributed by atoms with Gasteiger partial charge in [-0.15, -0.1) is 0 Å². The Labute approximate surface area is 169 Å². The van der Waals surface area contributed by atoms with Gasteiger partial charge in [0.05, 0.1) is 0 Å². The van der Waals surface area contributed by atoms with Crippen molar-refractivity contribution in [1.29, 1.82) is 0 Å². The van der Waals surface area contributed by atoms with Crippen LogP contribution in [0.5, 0.6) is 0 Å². The molecule has 2 N–H and O–H groups in total. The van der Waals surface area contributed by atoms with Gasteiger partial charge in [-0.25, -0.2) is 0 Å². The molecule has 3 heteroatoms. The first-order chi connectivity index (χ1) is 11.9. The van der Waals surface area contributed by atoms with Crippen molar-refractivity contribution in [3.63, 3.8) is 0 Å². The number of aliphatic hydroxyl groups is 2. The molecule has 2 aliphatic carbocycles. The van der Waals surface area contributed by atoms with Crippen molar-refractivity contribution in [2.75, 3.05) is 0 Å².